The van der Waals surface area contributed by atoms with E-state index in [1.54, 1.807) is 0 Å². The normalized spacial score (nSPS) is 16.5. The van der Waals surface area contributed by atoms with Crippen molar-refractivity contribution in [1.82, 2.24) is 0 Å². The maximum Gasteiger partial charge on any atom is 0.393 e. The molecule has 0 aromatic heterocycles. The SMILES string of the molecule is CC[C@@H]([C@H](N)C(=O)OC)C(F)(F)F. The van der Waals surface area contributed by atoms with Gasteiger partial charge in [-0.25, -0.2) is 0 Å². The molecule has 0 aliphatic rings. The first-order valence-corrected chi connectivity index (χ1v) is 3.74. The Hall–Kier alpha value is -0.780. The summed E-state index contributed by atoms with van der Waals surface area (Å²) in [5.74, 6) is -2.87. The van der Waals surface area contributed by atoms with Gasteiger partial charge in [-0.15, -0.1) is 0 Å². The van der Waals surface area contributed by atoms with Crippen LogP contribution < -0.4 is 5.73 Å². The van der Waals surface area contributed by atoms with Crippen molar-refractivity contribution < 1.29 is 22.7 Å². The number of carbonyl (C=O) groups is 1. The molecule has 0 aliphatic carbocycles. The summed E-state index contributed by atoms with van der Waals surface area (Å²) in [6.07, 6.45) is -4.69. The second-order valence-corrected chi connectivity index (χ2v) is 2.61. The molecule has 2 N–H and O–H groups in total. The molecule has 0 rings (SSSR count). The van der Waals surface area contributed by atoms with Gasteiger partial charge in [-0.3, -0.25) is 4.79 Å². The van der Waals surface area contributed by atoms with Gasteiger partial charge in [0.2, 0.25) is 0 Å². The predicted octanol–water partition coefficient (Wildman–Crippen LogP) is 1.08. The monoisotopic (exact) mass is 199 g/mol. The summed E-state index contributed by atoms with van der Waals surface area (Å²) in [4.78, 5) is 10.7. The fraction of sp³-hybridized carbons (Fsp3) is 0.857. The maximum absolute atomic E-state index is 12.2. The summed E-state index contributed by atoms with van der Waals surface area (Å²) in [6, 6.07) is -1.63. The zero-order valence-corrected chi connectivity index (χ0v) is 7.39. The van der Waals surface area contributed by atoms with E-state index < -0.39 is 24.1 Å². The lowest BCUT2D eigenvalue weighted by molar-refractivity contribution is -0.188. The van der Waals surface area contributed by atoms with E-state index in [4.69, 9.17) is 5.73 Å². The standard InChI is InChI=1S/C7H12F3NO2/c1-3-4(7(8,9)10)5(11)6(12)13-2/h4-5H,3,11H2,1-2H3/t4-,5-/m0/s1. The minimum atomic E-state index is -4.46. The van der Waals surface area contributed by atoms with Gasteiger partial charge in [0.25, 0.3) is 0 Å². The van der Waals surface area contributed by atoms with Crippen molar-refractivity contribution in [2.75, 3.05) is 7.11 Å². The number of esters is 1. The highest BCUT2D eigenvalue weighted by molar-refractivity contribution is 5.75. The highest BCUT2D eigenvalue weighted by Gasteiger charge is 2.45. The van der Waals surface area contributed by atoms with E-state index in [-0.39, 0.29) is 6.42 Å². The summed E-state index contributed by atoms with van der Waals surface area (Å²) in [5.41, 5.74) is 5.07. The number of hydrogen-bond donors (Lipinski definition) is 1. The first-order chi connectivity index (χ1) is 5.84. The lowest BCUT2D eigenvalue weighted by atomic mass is 9.97. The average Bonchev–Trinajstić information content (AvgIpc) is 2.01. The molecule has 0 saturated carbocycles. The molecule has 0 bridgehead atoms. The Morgan fingerprint density at radius 2 is 2.00 bits per heavy atom. The highest BCUT2D eigenvalue weighted by atomic mass is 19.4. The van der Waals surface area contributed by atoms with E-state index in [1.165, 1.54) is 6.92 Å². The van der Waals surface area contributed by atoms with Crippen LogP contribution in [0.25, 0.3) is 0 Å². The molecule has 0 radical (unpaired) electrons. The number of nitrogens with two attached hydrogens (primary N) is 1. The largest absolute Gasteiger partial charge is 0.468 e. The molecule has 6 heteroatoms. The second-order valence-electron chi connectivity index (χ2n) is 2.61. The summed E-state index contributed by atoms with van der Waals surface area (Å²) in [6.45, 7) is 1.32. The van der Waals surface area contributed by atoms with Crippen molar-refractivity contribution in [3.8, 4) is 0 Å². The number of rotatable bonds is 3. The lowest BCUT2D eigenvalue weighted by Crippen LogP contribution is -2.45. The molecule has 0 fully saturated rings. The van der Waals surface area contributed by atoms with Gasteiger partial charge >= 0.3 is 12.1 Å². The van der Waals surface area contributed by atoms with Gasteiger partial charge in [-0.1, -0.05) is 6.92 Å². The zero-order valence-electron chi connectivity index (χ0n) is 7.39. The van der Waals surface area contributed by atoms with Crippen LogP contribution >= 0.6 is 0 Å². The van der Waals surface area contributed by atoms with E-state index >= 15 is 0 Å². The minimum Gasteiger partial charge on any atom is -0.468 e. The molecule has 0 amide bonds. The molecule has 0 saturated heterocycles. The first-order valence-electron chi connectivity index (χ1n) is 3.74. The van der Waals surface area contributed by atoms with Gasteiger partial charge < -0.3 is 10.5 Å². The van der Waals surface area contributed by atoms with E-state index in [1.807, 2.05) is 0 Å². The van der Waals surface area contributed by atoms with Crippen LogP contribution in [0.15, 0.2) is 0 Å². The predicted molar refractivity (Wildman–Crippen MR) is 39.8 cm³/mol. The number of halogens is 3. The fourth-order valence-electron chi connectivity index (χ4n) is 0.989. The molecule has 3 nitrogen and oxygen atoms in total. The maximum atomic E-state index is 12.2. The Morgan fingerprint density at radius 1 is 1.54 bits per heavy atom. The number of methoxy groups -OCH3 is 1. The Balaban J connectivity index is 4.50. The quantitative estimate of drug-likeness (QED) is 0.692. The van der Waals surface area contributed by atoms with E-state index in [0.717, 1.165) is 7.11 Å². The molecule has 0 heterocycles. The van der Waals surface area contributed by atoms with Gasteiger partial charge in [-0.2, -0.15) is 13.2 Å². The molecule has 2 atom stereocenters. The molecule has 78 valence electrons. The van der Waals surface area contributed by atoms with Crippen LogP contribution in [-0.2, 0) is 9.53 Å². The molecule has 0 aromatic rings. The van der Waals surface area contributed by atoms with Crippen molar-refractivity contribution >= 4 is 5.97 Å². The Morgan fingerprint density at radius 3 is 2.23 bits per heavy atom. The van der Waals surface area contributed by atoms with Crippen LogP contribution in [0.2, 0.25) is 0 Å². The van der Waals surface area contributed by atoms with E-state index in [0.29, 0.717) is 0 Å². The van der Waals surface area contributed by atoms with Crippen molar-refractivity contribution in [3.63, 3.8) is 0 Å². The zero-order chi connectivity index (χ0) is 10.6. The van der Waals surface area contributed by atoms with E-state index in [2.05, 4.69) is 4.74 Å². The number of alkyl halides is 3. The smallest absolute Gasteiger partial charge is 0.393 e. The third-order valence-corrected chi connectivity index (χ3v) is 1.77. The third kappa shape index (κ3) is 3.22. The van der Waals surface area contributed by atoms with Crippen LogP contribution in [-0.4, -0.2) is 25.3 Å². The molecule has 0 unspecified atom stereocenters. The first kappa shape index (κ1) is 12.2. The molecular weight excluding hydrogens is 187 g/mol. The molecule has 0 aromatic carbocycles. The summed E-state index contributed by atoms with van der Waals surface area (Å²) >= 11 is 0. The highest BCUT2D eigenvalue weighted by Crippen LogP contribution is 2.30. The van der Waals surface area contributed by atoms with Crippen LogP contribution in [0.1, 0.15) is 13.3 Å². The lowest BCUT2D eigenvalue weighted by Gasteiger charge is -2.22. The fourth-order valence-corrected chi connectivity index (χ4v) is 0.989. The van der Waals surface area contributed by atoms with Gasteiger partial charge in [0.05, 0.1) is 13.0 Å². The molecule has 0 spiro atoms. The van der Waals surface area contributed by atoms with Crippen LogP contribution in [0, 0.1) is 5.92 Å². The van der Waals surface area contributed by atoms with Gasteiger partial charge in [0.1, 0.15) is 6.04 Å². The summed E-state index contributed by atoms with van der Waals surface area (Å²) < 4.78 is 40.7. The van der Waals surface area contributed by atoms with Gasteiger partial charge in [0, 0.05) is 0 Å². The Kier molecular flexibility index (Phi) is 4.19. The Bertz CT molecular complexity index is 181. The van der Waals surface area contributed by atoms with Crippen LogP contribution in [0.4, 0.5) is 13.2 Å². The summed E-state index contributed by atoms with van der Waals surface area (Å²) in [7, 11) is 1.01. The van der Waals surface area contributed by atoms with E-state index in [9.17, 15) is 18.0 Å². The van der Waals surface area contributed by atoms with Crippen LogP contribution in [0.3, 0.4) is 0 Å². The third-order valence-electron chi connectivity index (χ3n) is 1.77. The second kappa shape index (κ2) is 4.45. The molecule has 0 aliphatic heterocycles. The minimum absolute atomic E-state index is 0.236. The Labute approximate surface area is 74.0 Å². The summed E-state index contributed by atoms with van der Waals surface area (Å²) in [5, 5.41) is 0. The van der Waals surface area contributed by atoms with Gasteiger partial charge in [0.15, 0.2) is 0 Å². The van der Waals surface area contributed by atoms with Crippen molar-refractivity contribution in [3.05, 3.63) is 0 Å². The number of ether oxygens (including phenoxy) is 1. The van der Waals surface area contributed by atoms with Gasteiger partial charge in [-0.05, 0) is 6.42 Å². The average molecular weight is 199 g/mol. The van der Waals surface area contributed by atoms with Crippen LogP contribution in [0.5, 0.6) is 0 Å². The topological polar surface area (TPSA) is 52.3 Å². The van der Waals surface area contributed by atoms with Crippen molar-refractivity contribution in [2.24, 2.45) is 11.7 Å². The number of hydrogen-bond acceptors (Lipinski definition) is 3. The molecular formula is C7H12F3NO2. The number of carbonyl (C=O) groups excluding carboxylic acids is 1. The van der Waals surface area contributed by atoms with Crippen molar-refractivity contribution in [2.45, 2.75) is 25.6 Å². The van der Waals surface area contributed by atoms with Crippen molar-refractivity contribution in [1.29, 1.82) is 0 Å². The molecule has 13 heavy (non-hydrogen) atoms.